The Morgan fingerprint density at radius 2 is 1.97 bits per heavy atom. The zero-order valence-corrected chi connectivity index (χ0v) is 19.7. The molecule has 2 fully saturated rings. The number of anilines is 1. The van der Waals surface area contributed by atoms with Crippen molar-refractivity contribution in [3.63, 3.8) is 0 Å². The second-order valence-electron chi connectivity index (χ2n) is 8.40. The van der Waals surface area contributed by atoms with Gasteiger partial charge in [0.1, 0.15) is 17.9 Å². The van der Waals surface area contributed by atoms with Crippen molar-refractivity contribution in [2.24, 2.45) is 0 Å². The SMILES string of the molecule is COC(=O)c1ccc(C2CC2)c(S(=O)(=O)Nc2cc(C#N)c(Cl)cc2OC2CCC(F)(F)C2)c1. The number of sulfonamides is 1. The highest BCUT2D eigenvalue weighted by atomic mass is 35.5. The number of benzene rings is 2. The number of rotatable bonds is 7. The lowest BCUT2D eigenvalue weighted by atomic mass is 10.1. The molecule has 2 saturated carbocycles. The molecule has 2 aromatic rings. The van der Waals surface area contributed by atoms with Crippen LogP contribution in [0.1, 0.15) is 59.5 Å². The van der Waals surface area contributed by atoms with Crippen molar-refractivity contribution in [2.75, 3.05) is 11.8 Å². The Kier molecular flexibility index (Phi) is 6.44. The Hall–Kier alpha value is -2.90. The fourth-order valence-corrected chi connectivity index (χ4v) is 5.53. The molecule has 7 nitrogen and oxygen atoms in total. The molecule has 34 heavy (non-hydrogen) atoms. The number of carbonyl (C=O) groups is 1. The van der Waals surface area contributed by atoms with Crippen molar-refractivity contribution in [1.29, 1.82) is 5.26 Å². The molecule has 1 unspecified atom stereocenters. The molecule has 180 valence electrons. The normalized spacial score (nSPS) is 19.3. The molecule has 0 radical (unpaired) electrons. The minimum absolute atomic E-state index is 0.00318. The lowest BCUT2D eigenvalue weighted by Crippen LogP contribution is -2.20. The van der Waals surface area contributed by atoms with E-state index >= 15 is 0 Å². The van der Waals surface area contributed by atoms with Gasteiger partial charge in [0.05, 0.1) is 33.8 Å². The van der Waals surface area contributed by atoms with Crippen molar-refractivity contribution in [3.05, 3.63) is 52.0 Å². The number of methoxy groups -OCH3 is 1. The summed E-state index contributed by atoms with van der Waals surface area (Å²) in [6.07, 6.45) is 0.0155. The maximum absolute atomic E-state index is 13.6. The average Bonchev–Trinajstić information content (AvgIpc) is 3.58. The molecule has 0 aliphatic heterocycles. The van der Waals surface area contributed by atoms with Crippen molar-refractivity contribution in [1.82, 2.24) is 0 Å². The number of carbonyl (C=O) groups excluding carboxylic acids is 1. The van der Waals surface area contributed by atoms with E-state index in [0.29, 0.717) is 5.56 Å². The summed E-state index contributed by atoms with van der Waals surface area (Å²) in [7, 11) is -3.08. The van der Waals surface area contributed by atoms with Crippen LogP contribution in [0.4, 0.5) is 14.5 Å². The average molecular weight is 511 g/mol. The second-order valence-corrected chi connectivity index (χ2v) is 10.5. The van der Waals surface area contributed by atoms with Gasteiger partial charge in [0.15, 0.2) is 0 Å². The fraction of sp³-hybridized carbons (Fsp3) is 0.391. The highest BCUT2D eigenvalue weighted by Crippen LogP contribution is 2.44. The Morgan fingerprint density at radius 3 is 2.56 bits per heavy atom. The van der Waals surface area contributed by atoms with Crippen LogP contribution < -0.4 is 9.46 Å². The molecule has 0 saturated heterocycles. The maximum atomic E-state index is 13.6. The van der Waals surface area contributed by atoms with E-state index in [1.54, 1.807) is 6.07 Å². The molecule has 1 atom stereocenters. The van der Waals surface area contributed by atoms with Gasteiger partial charge in [-0.05, 0) is 48.9 Å². The molecule has 4 rings (SSSR count). The number of ether oxygens (including phenoxy) is 2. The Balaban J connectivity index is 1.73. The second kappa shape index (κ2) is 9.04. The van der Waals surface area contributed by atoms with Crippen LogP contribution in [0.3, 0.4) is 0 Å². The largest absolute Gasteiger partial charge is 0.488 e. The first-order chi connectivity index (χ1) is 16.0. The Bertz CT molecular complexity index is 1290. The zero-order chi connectivity index (χ0) is 24.7. The van der Waals surface area contributed by atoms with Gasteiger partial charge >= 0.3 is 5.97 Å². The summed E-state index contributed by atoms with van der Waals surface area (Å²) in [6.45, 7) is 0. The standard InChI is InChI=1S/C23H21ClF2N2O5S/c1-32-22(29)14-4-5-17(13-2-3-13)21(9-14)34(30,31)28-19-8-15(12-27)18(24)10-20(19)33-16-6-7-23(25,26)11-16/h4-5,8-10,13,16,28H,2-3,6-7,11H2,1H3. The molecule has 1 N–H and O–H groups in total. The third kappa shape index (κ3) is 5.10. The molecule has 0 amide bonds. The number of hydrogen-bond donors (Lipinski definition) is 1. The van der Waals surface area contributed by atoms with Crippen LogP contribution in [0.15, 0.2) is 35.2 Å². The van der Waals surface area contributed by atoms with Gasteiger partial charge < -0.3 is 9.47 Å². The van der Waals surface area contributed by atoms with Crippen molar-refractivity contribution in [3.8, 4) is 11.8 Å². The first kappa shape index (κ1) is 24.2. The summed E-state index contributed by atoms with van der Waals surface area (Å²) in [5.41, 5.74) is 0.480. The van der Waals surface area contributed by atoms with Gasteiger partial charge in [0.25, 0.3) is 15.9 Å². The zero-order valence-electron chi connectivity index (χ0n) is 18.1. The smallest absolute Gasteiger partial charge is 0.337 e. The van der Waals surface area contributed by atoms with Crippen LogP contribution in [0.5, 0.6) is 5.75 Å². The predicted molar refractivity (Wildman–Crippen MR) is 120 cm³/mol. The minimum Gasteiger partial charge on any atom is -0.488 e. The van der Waals surface area contributed by atoms with Gasteiger partial charge in [-0.2, -0.15) is 5.26 Å². The lowest BCUT2D eigenvalue weighted by Gasteiger charge is -2.19. The number of nitriles is 1. The molecule has 0 bridgehead atoms. The van der Waals surface area contributed by atoms with Crippen LogP contribution in [0.2, 0.25) is 5.02 Å². The summed E-state index contributed by atoms with van der Waals surface area (Å²) in [4.78, 5) is 11.9. The van der Waals surface area contributed by atoms with E-state index < -0.39 is 34.4 Å². The molecule has 2 aromatic carbocycles. The highest BCUT2D eigenvalue weighted by Gasteiger charge is 2.41. The molecule has 0 heterocycles. The quantitative estimate of drug-likeness (QED) is 0.510. The maximum Gasteiger partial charge on any atom is 0.337 e. The van der Waals surface area contributed by atoms with E-state index in [4.69, 9.17) is 21.1 Å². The lowest BCUT2D eigenvalue weighted by molar-refractivity contribution is -0.00102. The predicted octanol–water partition coefficient (Wildman–Crippen LogP) is 5.24. The van der Waals surface area contributed by atoms with Gasteiger partial charge in [0, 0.05) is 18.9 Å². The van der Waals surface area contributed by atoms with E-state index in [1.165, 1.54) is 31.4 Å². The van der Waals surface area contributed by atoms with E-state index in [1.807, 2.05) is 6.07 Å². The summed E-state index contributed by atoms with van der Waals surface area (Å²) in [5, 5.41) is 9.35. The molecule has 0 aromatic heterocycles. The van der Waals surface area contributed by atoms with Crippen molar-refractivity contribution < 1.29 is 31.5 Å². The van der Waals surface area contributed by atoms with Gasteiger partial charge in [-0.15, -0.1) is 0 Å². The van der Waals surface area contributed by atoms with Gasteiger partial charge in [-0.1, -0.05) is 17.7 Å². The van der Waals surface area contributed by atoms with E-state index in [0.717, 1.165) is 12.8 Å². The first-order valence-electron chi connectivity index (χ1n) is 10.6. The van der Waals surface area contributed by atoms with Crippen LogP contribution in [0, 0.1) is 11.3 Å². The van der Waals surface area contributed by atoms with Gasteiger partial charge in [0.2, 0.25) is 0 Å². The third-order valence-corrected chi connectivity index (χ3v) is 7.56. The number of alkyl halides is 2. The van der Waals surface area contributed by atoms with E-state index in [2.05, 4.69) is 4.72 Å². The minimum atomic E-state index is -4.27. The fourth-order valence-electron chi connectivity index (χ4n) is 3.95. The summed E-state index contributed by atoms with van der Waals surface area (Å²) in [5.74, 6) is -3.58. The molecule has 0 spiro atoms. The molecule has 2 aliphatic rings. The molecular formula is C23H21ClF2N2O5S. The first-order valence-corrected chi connectivity index (χ1v) is 12.4. The molecular weight excluding hydrogens is 490 g/mol. The van der Waals surface area contributed by atoms with Crippen LogP contribution in [-0.4, -0.2) is 33.5 Å². The van der Waals surface area contributed by atoms with E-state index in [9.17, 15) is 27.3 Å². The topological polar surface area (TPSA) is 105 Å². The van der Waals surface area contributed by atoms with E-state index in [-0.39, 0.29) is 51.2 Å². The van der Waals surface area contributed by atoms with Crippen LogP contribution in [0.25, 0.3) is 0 Å². The summed E-state index contributed by atoms with van der Waals surface area (Å²) >= 11 is 6.10. The monoisotopic (exact) mass is 510 g/mol. The Morgan fingerprint density at radius 1 is 1.24 bits per heavy atom. The van der Waals surface area contributed by atoms with Gasteiger partial charge in [-0.3, -0.25) is 4.72 Å². The molecule has 11 heteroatoms. The van der Waals surface area contributed by atoms with Crippen molar-refractivity contribution in [2.45, 2.75) is 54.9 Å². The number of esters is 1. The van der Waals surface area contributed by atoms with Gasteiger partial charge in [-0.25, -0.2) is 22.0 Å². The molecule has 2 aliphatic carbocycles. The van der Waals surface area contributed by atoms with Crippen LogP contribution in [-0.2, 0) is 14.8 Å². The van der Waals surface area contributed by atoms with Crippen LogP contribution >= 0.6 is 11.6 Å². The number of nitrogens with one attached hydrogen (secondary N) is 1. The third-order valence-electron chi connectivity index (χ3n) is 5.83. The summed E-state index contributed by atoms with van der Waals surface area (Å²) in [6, 6.07) is 8.62. The highest BCUT2D eigenvalue weighted by molar-refractivity contribution is 7.92. The summed E-state index contributed by atoms with van der Waals surface area (Å²) < 4.78 is 67.0. The van der Waals surface area contributed by atoms with Crippen molar-refractivity contribution >= 4 is 33.3 Å². The number of hydrogen-bond acceptors (Lipinski definition) is 6. The number of nitrogens with zero attached hydrogens (tertiary/aromatic N) is 1. The Labute approximate surface area is 200 Å². The number of halogens is 3.